The molecule has 0 saturated carbocycles. The molecule has 2 N–H and O–H groups in total. The molecule has 0 saturated heterocycles. The lowest BCUT2D eigenvalue weighted by molar-refractivity contribution is -0.126. The first kappa shape index (κ1) is 15.3. The van der Waals surface area contributed by atoms with Crippen LogP contribution >= 0.6 is 0 Å². The van der Waals surface area contributed by atoms with Crippen molar-refractivity contribution in [3.05, 3.63) is 0 Å². The fraction of sp³-hybridized carbons (Fsp3) is 0.889. The Morgan fingerprint density at radius 1 is 1.50 bits per heavy atom. The normalized spacial score (nSPS) is 14.6. The van der Waals surface area contributed by atoms with E-state index in [2.05, 4.69) is 9.50 Å². The van der Waals surface area contributed by atoms with Crippen LogP contribution in [0.1, 0.15) is 34.1 Å². The molecule has 1 atom stereocenters. The minimum absolute atomic E-state index is 0.148. The van der Waals surface area contributed by atoms with Crippen LogP contribution in [0.15, 0.2) is 0 Å². The predicted molar refractivity (Wildman–Crippen MR) is 59.2 cm³/mol. The van der Waals surface area contributed by atoms with E-state index >= 15 is 0 Å². The van der Waals surface area contributed by atoms with Crippen molar-refractivity contribution in [2.75, 3.05) is 6.61 Å². The maximum Gasteiger partial charge on any atom is 0.397 e. The minimum Gasteiger partial charge on any atom is -0.349 e. The molecule has 0 aromatic carbocycles. The molecule has 1 amide bonds. The van der Waals surface area contributed by atoms with Crippen LogP contribution in [-0.4, -0.2) is 31.0 Å². The van der Waals surface area contributed by atoms with Crippen LogP contribution in [0.25, 0.3) is 0 Å². The largest absolute Gasteiger partial charge is 0.397 e. The third-order valence-corrected chi connectivity index (χ3v) is 2.51. The highest BCUT2D eigenvalue weighted by Crippen LogP contribution is 2.08. The minimum atomic E-state index is -4.47. The predicted octanol–water partition coefficient (Wildman–Crippen LogP) is 0.747. The fourth-order valence-corrected chi connectivity index (χ4v) is 1.34. The van der Waals surface area contributed by atoms with Gasteiger partial charge in [-0.3, -0.25) is 9.35 Å². The highest BCUT2D eigenvalue weighted by molar-refractivity contribution is 7.80. The Morgan fingerprint density at radius 2 is 2.00 bits per heavy atom. The van der Waals surface area contributed by atoms with Gasteiger partial charge in [-0.2, -0.15) is 8.42 Å². The summed E-state index contributed by atoms with van der Waals surface area (Å²) in [5.74, 6) is -0.323. The number of rotatable bonds is 6. The van der Waals surface area contributed by atoms with Gasteiger partial charge in [0.1, 0.15) is 0 Å². The van der Waals surface area contributed by atoms with Gasteiger partial charge in [0.15, 0.2) is 0 Å². The molecule has 0 heterocycles. The summed E-state index contributed by atoms with van der Waals surface area (Å²) in [7, 11) is -4.47. The molecule has 0 aromatic heterocycles. The van der Waals surface area contributed by atoms with Gasteiger partial charge in [0.2, 0.25) is 5.91 Å². The summed E-state index contributed by atoms with van der Waals surface area (Å²) >= 11 is 0. The molecular weight excluding hydrogens is 234 g/mol. The van der Waals surface area contributed by atoms with Crippen molar-refractivity contribution in [3.8, 4) is 0 Å². The Bertz CT molecular complexity index is 336. The van der Waals surface area contributed by atoms with E-state index in [0.717, 1.165) is 0 Å². The van der Waals surface area contributed by atoms with Crippen molar-refractivity contribution >= 4 is 16.3 Å². The van der Waals surface area contributed by atoms with Gasteiger partial charge < -0.3 is 5.32 Å². The van der Waals surface area contributed by atoms with E-state index in [1.165, 1.54) is 0 Å². The van der Waals surface area contributed by atoms with E-state index in [-0.39, 0.29) is 18.4 Å². The van der Waals surface area contributed by atoms with Crippen LogP contribution in [-0.2, 0) is 19.4 Å². The topological polar surface area (TPSA) is 92.7 Å². The van der Waals surface area contributed by atoms with Crippen LogP contribution in [0.3, 0.4) is 0 Å². The zero-order valence-corrected chi connectivity index (χ0v) is 10.8. The van der Waals surface area contributed by atoms with E-state index in [1.807, 2.05) is 6.92 Å². The molecule has 0 fully saturated rings. The van der Waals surface area contributed by atoms with Gasteiger partial charge in [0.05, 0.1) is 12.1 Å². The van der Waals surface area contributed by atoms with Crippen LogP contribution in [0.2, 0.25) is 0 Å². The quantitative estimate of drug-likeness (QED) is 0.681. The Labute approximate surface area is 96.3 Å². The molecule has 0 aliphatic carbocycles. The molecular formula is C9H19NO5S. The molecule has 0 aromatic rings. The van der Waals surface area contributed by atoms with Crippen LogP contribution in [0.5, 0.6) is 0 Å². The summed E-state index contributed by atoms with van der Waals surface area (Å²) < 4.78 is 33.4. The average molecular weight is 253 g/mol. The molecule has 0 spiro atoms. The van der Waals surface area contributed by atoms with Crippen LogP contribution < -0.4 is 5.32 Å². The second-order valence-corrected chi connectivity index (χ2v) is 5.46. The summed E-state index contributed by atoms with van der Waals surface area (Å²) in [6.45, 7) is 6.56. The van der Waals surface area contributed by atoms with Crippen molar-refractivity contribution in [1.82, 2.24) is 5.32 Å². The van der Waals surface area contributed by atoms with Gasteiger partial charge in [-0.15, -0.1) is 0 Å². The molecule has 6 nitrogen and oxygen atoms in total. The third kappa shape index (κ3) is 6.76. The first-order valence-corrected chi connectivity index (χ1v) is 6.38. The Hall–Kier alpha value is -0.660. The SMILES string of the molecule is CCC(C)C(=O)NC(C)(C)COS(=O)(=O)O. The fourth-order valence-electron chi connectivity index (χ4n) is 0.900. The monoisotopic (exact) mass is 253 g/mol. The van der Waals surface area contributed by atoms with Crippen LogP contribution in [0, 0.1) is 5.92 Å². The number of amides is 1. The lowest BCUT2D eigenvalue weighted by atomic mass is 10.0. The zero-order chi connectivity index (χ0) is 13.0. The summed E-state index contributed by atoms with van der Waals surface area (Å²) in [5, 5.41) is 2.64. The van der Waals surface area contributed by atoms with Gasteiger partial charge in [-0.1, -0.05) is 13.8 Å². The van der Waals surface area contributed by atoms with E-state index in [1.54, 1.807) is 20.8 Å². The number of hydrogen-bond acceptors (Lipinski definition) is 4. The number of carbonyl (C=O) groups is 1. The van der Waals surface area contributed by atoms with Crippen molar-refractivity contribution in [3.63, 3.8) is 0 Å². The van der Waals surface area contributed by atoms with Gasteiger partial charge in [0, 0.05) is 5.92 Å². The molecule has 0 bridgehead atoms. The van der Waals surface area contributed by atoms with E-state index in [9.17, 15) is 13.2 Å². The zero-order valence-electron chi connectivity index (χ0n) is 9.98. The average Bonchev–Trinajstić information content (AvgIpc) is 2.12. The number of hydrogen-bond donors (Lipinski definition) is 2. The van der Waals surface area contributed by atoms with Gasteiger partial charge in [-0.25, -0.2) is 4.18 Å². The molecule has 96 valence electrons. The maximum absolute atomic E-state index is 11.5. The summed E-state index contributed by atoms with van der Waals surface area (Å²) in [4.78, 5) is 11.5. The van der Waals surface area contributed by atoms with Crippen molar-refractivity contribution in [1.29, 1.82) is 0 Å². The van der Waals surface area contributed by atoms with Gasteiger partial charge in [0.25, 0.3) is 0 Å². The summed E-state index contributed by atoms with van der Waals surface area (Å²) in [6, 6.07) is 0. The Morgan fingerprint density at radius 3 is 2.38 bits per heavy atom. The summed E-state index contributed by atoms with van der Waals surface area (Å²) in [6.07, 6.45) is 0.696. The number of carbonyl (C=O) groups excluding carboxylic acids is 1. The second-order valence-electron chi connectivity index (χ2n) is 4.37. The highest BCUT2D eigenvalue weighted by atomic mass is 32.3. The molecule has 0 aliphatic rings. The van der Waals surface area contributed by atoms with Gasteiger partial charge >= 0.3 is 10.4 Å². The highest BCUT2D eigenvalue weighted by Gasteiger charge is 2.25. The smallest absolute Gasteiger partial charge is 0.349 e. The Kier molecular flexibility index (Phi) is 5.37. The van der Waals surface area contributed by atoms with E-state index in [4.69, 9.17) is 4.55 Å². The molecule has 0 aliphatic heterocycles. The summed E-state index contributed by atoms with van der Waals surface area (Å²) in [5.41, 5.74) is -0.851. The lowest BCUT2D eigenvalue weighted by Gasteiger charge is -2.26. The first-order chi connectivity index (χ1) is 7.07. The standard InChI is InChI=1S/C9H19NO5S/c1-5-7(2)8(11)10-9(3,4)6-15-16(12,13)14/h7H,5-6H2,1-4H3,(H,10,11)(H,12,13,14). The van der Waals surface area contributed by atoms with E-state index in [0.29, 0.717) is 6.42 Å². The van der Waals surface area contributed by atoms with Crippen molar-refractivity contribution in [2.24, 2.45) is 5.92 Å². The molecule has 7 heteroatoms. The van der Waals surface area contributed by atoms with Crippen molar-refractivity contribution in [2.45, 2.75) is 39.7 Å². The Balaban J connectivity index is 4.30. The van der Waals surface area contributed by atoms with Crippen LogP contribution in [0.4, 0.5) is 0 Å². The maximum atomic E-state index is 11.5. The second kappa shape index (κ2) is 5.60. The first-order valence-electron chi connectivity index (χ1n) is 5.01. The number of nitrogens with one attached hydrogen (secondary N) is 1. The molecule has 1 unspecified atom stereocenters. The molecule has 16 heavy (non-hydrogen) atoms. The van der Waals surface area contributed by atoms with E-state index < -0.39 is 15.9 Å². The molecule has 0 radical (unpaired) electrons. The molecule has 0 rings (SSSR count). The lowest BCUT2D eigenvalue weighted by Crippen LogP contribution is -2.49. The van der Waals surface area contributed by atoms with Gasteiger partial charge in [-0.05, 0) is 20.3 Å². The third-order valence-electron chi connectivity index (χ3n) is 2.09. The van der Waals surface area contributed by atoms with Crippen molar-refractivity contribution < 1.29 is 21.9 Å².